The topological polar surface area (TPSA) is 43.9 Å². The summed E-state index contributed by atoms with van der Waals surface area (Å²) in [7, 11) is 0. The van der Waals surface area contributed by atoms with Crippen molar-refractivity contribution < 1.29 is 4.42 Å². The van der Waals surface area contributed by atoms with E-state index in [2.05, 4.69) is 16.9 Å². The summed E-state index contributed by atoms with van der Waals surface area (Å²) in [5.41, 5.74) is 1.69. The molecular weight excluding hydrogens is 262 g/mol. The van der Waals surface area contributed by atoms with E-state index < -0.39 is 0 Å². The Balaban J connectivity index is 2.17. The van der Waals surface area contributed by atoms with E-state index in [1.807, 2.05) is 35.8 Å². The molecule has 0 aliphatic rings. The largest absolute Gasteiger partial charge is 0.464 e. The highest BCUT2D eigenvalue weighted by molar-refractivity contribution is 6.16. The molecule has 3 rings (SSSR count). The summed E-state index contributed by atoms with van der Waals surface area (Å²) in [6, 6.07) is 7.77. The van der Waals surface area contributed by atoms with Crippen LogP contribution in [0.3, 0.4) is 0 Å². The molecule has 3 aromatic heterocycles. The molecule has 0 saturated heterocycles. The van der Waals surface area contributed by atoms with Gasteiger partial charge < -0.3 is 8.98 Å². The molecule has 3 heterocycles. The molecule has 98 valence electrons. The third-order valence-corrected chi connectivity index (χ3v) is 3.44. The normalized spacial score (nSPS) is 13.0. The molecule has 3 aromatic rings. The number of hydrogen-bond acceptors (Lipinski definition) is 3. The Hall–Kier alpha value is -1.81. The van der Waals surface area contributed by atoms with Gasteiger partial charge in [-0.2, -0.15) is 0 Å². The zero-order valence-corrected chi connectivity index (χ0v) is 11.6. The molecule has 0 radical (unpaired) electrons. The van der Waals surface area contributed by atoms with Crippen LogP contribution in [0, 0.1) is 6.92 Å². The lowest BCUT2D eigenvalue weighted by atomic mass is 10.2. The lowest BCUT2D eigenvalue weighted by Crippen LogP contribution is -2.09. The van der Waals surface area contributed by atoms with Gasteiger partial charge in [0, 0.05) is 6.20 Å². The van der Waals surface area contributed by atoms with Gasteiger partial charge in [0.05, 0.1) is 11.9 Å². The highest BCUT2D eigenvalue weighted by atomic mass is 35.5. The summed E-state index contributed by atoms with van der Waals surface area (Å²) in [5.74, 6) is 2.93. The number of aryl methyl sites for hydroxylation is 1. The molecule has 0 aromatic carbocycles. The highest BCUT2D eigenvalue weighted by Gasteiger charge is 2.19. The minimum Gasteiger partial charge on any atom is -0.464 e. The molecule has 1 unspecified atom stereocenters. The number of aromatic nitrogens is 3. The van der Waals surface area contributed by atoms with Gasteiger partial charge in [-0.1, -0.05) is 0 Å². The van der Waals surface area contributed by atoms with E-state index >= 15 is 0 Å². The Bertz CT molecular complexity index is 716. The van der Waals surface area contributed by atoms with Gasteiger partial charge in [-0.15, -0.1) is 11.6 Å². The second kappa shape index (κ2) is 4.70. The van der Waals surface area contributed by atoms with E-state index in [0.29, 0.717) is 5.88 Å². The number of pyridine rings is 1. The second-order valence-electron chi connectivity index (χ2n) is 4.50. The van der Waals surface area contributed by atoms with Gasteiger partial charge in [-0.3, -0.25) is 0 Å². The van der Waals surface area contributed by atoms with Crippen molar-refractivity contribution in [3.8, 4) is 0 Å². The molecular formula is C14H14ClN3O. The second-order valence-corrected chi connectivity index (χ2v) is 4.77. The van der Waals surface area contributed by atoms with Crippen LogP contribution in [0.1, 0.15) is 30.3 Å². The Morgan fingerprint density at radius 1 is 1.37 bits per heavy atom. The predicted octanol–water partition coefficient (Wildman–Crippen LogP) is 3.68. The minimum absolute atomic E-state index is 0.0161. The van der Waals surface area contributed by atoms with Crippen molar-refractivity contribution in [2.24, 2.45) is 0 Å². The van der Waals surface area contributed by atoms with Gasteiger partial charge >= 0.3 is 0 Å². The Kier molecular flexibility index (Phi) is 3.03. The predicted molar refractivity (Wildman–Crippen MR) is 74.3 cm³/mol. The number of furan rings is 1. The summed E-state index contributed by atoms with van der Waals surface area (Å²) in [6.07, 6.45) is 1.76. The molecule has 19 heavy (non-hydrogen) atoms. The van der Waals surface area contributed by atoms with Crippen LogP contribution in [0.5, 0.6) is 0 Å². The lowest BCUT2D eigenvalue weighted by Gasteiger charge is -2.13. The van der Waals surface area contributed by atoms with Crippen molar-refractivity contribution >= 4 is 22.8 Å². The molecule has 0 aliphatic carbocycles. The molecule has 5 heteroatoms. The van der Waals surface area contributed by atoms with Gasteiger partial charge in [-0.05, 0) is 38.1 Å². The fourth-order valence-corrected chi connectivity index (χ4v) is 2.47. The van der Waals surface area contributed by atoms with Crippen LogP contribution < -0.4 is 0 Å². The van der Waals surface area contributed by atoms with Crippen LogP contribution in [0.2, 0.25) is 0 Å². The van der Waals surface area contributed by atoms with Gasteiger partial charge in [0.2, 0.25) is 0 Å². The fraction of sp³-hybridized carbons (Fsp3) is 0.286. The fourth-order valence-electron chi connectivity index (χ4n) is 2.28. The summed E-state index contributed by atoms with van der Waals surface area (Å²) < 4.78 is 7.73. The first-order valence-electron chi connectivity index (χ1n) is 6.15. The molecule has 0 fully saturated rings. The zero-order valence-electron chi connectivity index (χ0n) is 10.8. The molecule has 4 nitrogen and oxygen atoms in total. The van der Waals surface area contributed by atoms with Crippen molar-refractivity contribution in [3.05, 3.63) is 47.8 Å². The smallest absolute Gasteiger partial charge is 0.160 e. The molecule has 0 spiro atoms. The average molecular weight is 276 g/mol. The maximum atomic E-state index is 6.00. The number of alkyl halides is 1. The van der Waals surface area contributed by atoms with E-state index in [0.717, 1.165) is 28.5 Å². The van der Waals surface area contributed by atoms with Crippen LogP contribution in [0.25, 0.3) is 11.2 Å². The number of nitrogens with zero attached hydrogens (tertiary/aromatic N) is 3. The molecule has 0 saturated carbocycles. The van der Waals surface area contributed by atoms with Crippen molar-refractivity contribution in [1.29, 1.82) is 0 Å². The maximum Gasteiger partial charge on any atom is 0.160 e. The van der Waals surface area contributed by atoms with Crippen LogP contribution in [0.4, 0.5) is 0 Å². The van der Waals surface area contributed by atoms with Crippen molar-refractivity contribution in [3.63, 3.8) is 0 Å². The zero-order chi connectivity index (χ0) is 13.4. The third-order valence-electron chi connectivity index (χ3n) is 3.20. The van der Waals surface area contributed by atoms with Gasteiger partial charge in [0.15, 0.2) is 5.65 Å². The number of fused-ring (bicyclic) bond motifs is 1. The minimum atomic E-state index is 0.0161. The quantitative estimate of drug-likeness (QED) is 0.685. The number of rotatable bonds is 3. The number of hydrogen-bond donors (Lipinski definition) is 0. The van der Waals surface area contributed by atoms with Crippen molar-refractivity contribution in [2.45, 2.75) is 25.8 Å². The first-order chi connectivity index (χ1) is 9.20. The van der Waals surface area contributed by atoms with E-state index in [1.165, 1.54) is 0 Å². The molecule has 0 bridgehead atoms. The van der Waals surface area contributed by atoms with Gasteiger partial charge in [0.25, 0.3) is 0 Å². The summed E-state index contributed by atoms with van der Waals surface area (Å²) in [6.45, 7) is 3.99. The molecule has 0 aliphatic heterocycles. The van der Waals surface area contributed by atoms with E-state index in [1.54, 1.807) is 6.20 Å². The number of halogens is 1. The van der Waals surface area contributed by atoms with Gasteiger partial charge in [0.1, 0.15) is 22.9 Å². The summed E-state index contributed by atoms with van der Waals surface area (Å²) in [4.78, 5) is 8.91. The first-order valence-corrected chi connectivity index (χ1v) is 6.68. The molecule has 0 N–H and O–H groups in total. The van der Waals surface area contributed by atoms with Crippen LogP contribution >= 0.6 is 11.6 Å². The summed E-state index contributed by atoms with van der Waals surface area (Å²) in [5, 5.41) is 0. The van der Waals surface area contributed by atoms with E-state index in [4.69, 9.17) is 16.0 Å². The average Bonchev–Trinajstić information content (AvgIpc) is 3.01. The Morgan fingerprint density at radius 3 is 2.89 bits per heavy atom. The van der Waals surface area contributed by atoms with Gasteiger partial charge in [-0.25, -0.2) is 9.97 Å². The summed E-state index contributed by atoms with van der Waals surface area (Å²) >= 11 is 6.00. The first kappa shape index (κ1) is 12.2. The number of imidazole rings is 1. The van der Waals surface area contributed by atoms with Crippen LogP contribution in [-0.4, -0.2) is 14.5 Å². The van der Waals surface area contributed by atoms with Crippen molar-refractivity contribution in [1.82, 2.24) is 14.5 Å². The molecule has 0 amide bonds. The molecule has 1 atom stereocenters. The lowest BCUT2D eigenvalue weighted by molar-refractivity contribution is 0.428. The third kappa shape index (κ3) is 2.02. The SMILES string of the molecule is Cc1ccc(C(C)n2c(CCl)nc3cccnc32)o1. The highest BCUT2D eigenvalue weighted by Crippen LogP contribution is 2.26. The Labute approximate surface area is 116 Å². The van der Waals surface area contributed by atoms with Crippen LogP contribution in [0.15, 0.2) is 34.9 Å². The van der Waals surface area contributed by atoms with E-state index in [-0.39, 0.29) is 6.04 Å². The standard InChI is InChI=1S/C14H14ClN3O/c1-9-5-6-12(19-9)10(2)18-13(8-15)17-11-4-3-7-16-14(11)18/h3-7,10H,8H2,1-2H3. The van der Waals surface area contributed by atoms with E-state index in [9.17, 15) is 0 Å². The van der Waals surface area contributed by atoms with Crippen molar-refractivity contribution in [2.75, 3.05) is 0 Å². The van der Waals surface area contributed by atoms with Crippen LogP contribution in [-0.2, 0) is 5.88 Å². The maximum absolute atomic E-state index is 6.00. The monoisotopic (exact) mass is 275 g/mol. The Morgan fingerprint density at radius 2 is 2.21 bits per heavy atom.